The van der Waals surface area contributed by atoms with E-state index in [9.17, 15) is 4.79 Å². The van der Waals surface area contributed by atoms with Crippen LogP contribution >= 0.6 is 12.6 Å². The molecule has 0 saturated heterocycles. The Balaban J connectivity index is -0.000000264. The molecule has 0 spiro atoms. The molecule has 0 aromatic heterocycles. The third-order valence-corrected chi connectivity index (χ3v) is 3.73. The summed E-state index contributed by atoms with van der Waals surface area (Å²) in [4.78, 5) is 12.8. The van der Waals surface area contributed by atoms with Crippen LogP contribution in [0.5, 0.6) is 0 Å². The zero-order valence-corrected chi connectivity index (χ0v) is 15.9. The topological polar surface area (TPSA) is 168 Å². The van der Waals surface area contributed by atoms with Gasteiger partial charge in [-0.15, -0.1) is 12.6 Å². The molecule has 0 aliphatic rings. The van der Waals surface area contributed by atoms with Crippen molar-refractivity contribution < 1.29 is 20.0 Å². The average molecular weight is 407 g/mol. The molecule has 154 valence electrons. The van der Waals surface area contributed by atoms with E-state index in [4.69, 9.17) is 16.9 Å². The van der Waals surface area contributed by atoms with Gasteiger partial charge in [0.05, 0.1) is 0 Å². The first-order valence-electron chi connectivity index (χ1n) is 7.80. The fraction of sp³-hybridized carbons (Fsp3) is 0. The molecule has 3 aromatic rings. The average Bonchev–Trinajstić information content (AvgIpc) is 2.64. The van der Waals surface area contributed by atoms with Crippen LogP contribution in [0, 0.1) is 5.41 Å². The number of benzene rings is 3. The van der Waals surface area contributed by atoms with Gasteiger partial charge in [-0.3, -0.25) is 4.79 Å². The SMILES string of the molecule is N=Cc1ccc(C(=O)Nc2ccc(S)cc2)cc1N.Nc1ccccc1.O.O.[HH].[HH].[HH]. The minimum Gasteiger partial charge on any atom is -0.412 e. The summed E-state index contributed by atoms with van der Waals surface area (Å²) >= 11 is 4.18. The molecule has 3 aromatic carbocycles. The molecule has 1 amide bonds. The molecule has 0 heterocycles. The molecular weight excluding hydrogens is 376 g/mol. The van der Waals surface area contributed by atoms with Crippen LogP contribution in [0.25, 0.3) is 0 Å². The van der Waals surface area contributed by atoms with Crippen LogP contribution < -0.4 is 16.8 Å². The Morgan fingerprint density at radius 3 is 2.04 bits per heavy atom. The van der Waals surface area contributed by atoms with Gasteiger partial charge < -0.3 is 33.1 Å². The van der Waals surface area contributed by atoms with Gasteiger partial charge in [0, 0.05) is 43.6 Å². The maximum atomic E-state index is 12.0. The number of carbonyl (C=O) groups excluding carboxylic acids is 1. The largest absolute Gasteiger partial charge is 0.412 e. The summed E-state index contributed by atoms with van der Waals surface area (Å²) in [5.41, 5.74) is 14.1. The van der Waals surface area contributed by atoms with Gasteiger partial charge in [-0.25, -0.2) is 0 Å². The Bertz CT molecular complexity index is 902. The van der Waals surface area contributed by atoms with Crippen LogP contribution in [0.2, 0.25) is 0 Å². The van der Waals surface area contributed by atoms with E-state index in [0.717, 1.165) is 16.8 Å². The van der Waals surface area contributed by atoms with E-state index < -0.39 is 0 Å². The lowest BCUT2D eigenvalue weighted by Gasteiger charge is -2.07. The second kappa shape index (κ2) is 12.1. The molecule has 0 aliphatic carbocycles. The number of thiol groups is 1. The number of nitrogens with two attached hydrogens (primary N) is 2. The lowest BCUT2D eigenvalue weighted by atomic mass is 10.1. The zero-order chi connectivity index (χ0) is 18.9. The van der Waals surface area contributed by atoms with Gasteiger partial charge in [0.2, 0.25) is 0 Å². The molecule has 0 unspecified atom stereocenters. The maximum Gasteiger partial charge on any atom is 0.255 e. The van der Waals surface area contributed by atoms with Crippen molar-refractivity contribution in [3.05, 3.63) is 83.9 Å². The monoisotopic (exact) mass is 406 g/mol. The van der Waals surface area contributed by atoms with E-state index in [1.165, 1.54) is 0 Å². The Hall–Kier alpha value is -3.33. The number of anilines is 3. The lowest BCUT2D eigenvalue weighted by molar-refractivity contribution is 0.102. The highest BCUT2D eigenvalue weighted by molar-refractivity contribution is 7.80. The lowest BCUT2D eigenvalue weighted by Crippen LogP contribution is -2.12. The van der Waals surface area contributed by atoms with Crippen LogP contribution in [0.15, 0.2) is 77.7 Å². The van der Waals surface area contributed by atoms with Gasteiger partial charge in [0.1, 0.15) is 0 Å². The number of hydrogen-bond acceptors (Lipinski definition) is 5. The van der Waals surface area contributed by atoms with E-state index in [1.807, 2.05) is 30.3 Å². The third-order valence-electron chi connectivity index (χ3n) is 3.43. The fourth-order valence-electron chi connectivity index (χ4n) is 2.05. The highest BCUT2D eigenvalue weighted by Crippen LogP contribution is 2.16. The van der Waals surface area contributed by atoms with Gasteiger partial charge >= 0.3 is 0 Å². The van der Waals surface area contributed by atoms with Crippen molar-refractivity contribution in [1.29, 1.82) is 5.41 Å². The van der Waals surface area contributed by atoms with Gasteiger partial charge in [-0.2, -0.15) is 0 Å². The first kappa shape index (κ1) is 24.7. The molecule has 3 rings (SSSR count). The predicted molar refractivity (Wildman–Crippen MR) is 125 cm³/mol. The Labute approximate surface area is 173 Å². The summed E-state index contributed by atoms with van der Waals surface area (Å²) in [6.07, 6.45) is 1.16. The van der Waals surface area contributed by atoms with Gasteiger partial charge in [0.15, 0.2) is 0 Å². The summed E-state index contributed by atoms with van der Waals surface area (Å²) in [5.74, 6) is -0.241. The van der Waals surface area contributed by atoms with Crippen molar-refractivity contribution in [3.8, 4) is 0 Å². The molecule has 0 aliphatic heterocycles. The fourth-order valence-corrected chi connectivity index (χ4v) is 2.20. The van der Waals surface area contributed by atoms with E-state index in [2.05, 4.69) is 17.9 Å². The smallest absolute Gasteiger partial charge is 0.255 e. The number of rotatable bonds is 3. The second-order valence-electron chi connectivity index (χ2n) is 5.40. The Kier molecular flexibility index (Phi) is 10.7. The molecule has 0 radical (unpaired) electrons. The van der Waals surface area contributed by atoms with E-state index in [-0.39, 0.29) is 21.1 Å². The maximum absolute atomic E-state index is 12.0. The Morgan fingerprint density at radius 2 is 1.57 bits per heavy atom. The molecule has 8 heteroatoms. The van der Waals surface area contributed by atoms with Crippen LogP contribution in [-0.4, -0.2) is 23.1 Å². The molecule has 0 atom stereocenters. The van der Waals surface area contributed by atoms with Crippen LogP contribution in [0.4, 0.5) is 17.1 Å². The molecule has 0 saturated carbocycles. The normalized spacial score (nSPS) is 8.89. The number of para-hydroxylation sites is 1. The molecule has 7 nitrogen and oxygen atoms in total. The summed E-state index contributed by atoms with van der Waals surface area (Å²) < 4.78 is 0. The van der Waals surface area contributed by atoms with E-state index in [0.29, 0.717) is 22.5 Å². The van der Waals surface area contributed by atoms with Crippen molar-refractivity contribution in [1.82, 2.24) is 0 Å². The van der Waals surface area contributed by atoms with Gasteiger partial charge in [0.25, 0.3) is 5.91 Å². The predicted octanol–water partition coefficient (Wildman–Crippen LogP) is 3.16. The van der Waals surface area contributed by atoms with Crippen LogP contribution in [-0.2, 0) is 0 Å². The summed E-state index contributed by atoms with van der Waals surface area (Å²) in [6.45, 7) is 0. The van der Waals surface area contributed by atoms with E-state index in [1.54, 1.807) is 42.5 Å². The minimum absolute atomic E-state index is 0. The van der Waals surface area contributed by atoms with Crippen molar-refractivity contribution in [3.63, 3.8) is 0 Å². The van der Waals surface area contributed by atoms with E-state index >= 15 is 0 Å². The molecule has 28 heavy (non-hydrogen) atoms. The van der Waals surface area contributed by atoms with Crippen molar-refractivity contribution >= 4 is 41.8 Å². The summed E-state index contributed by atoms with van der Waals surface area (Å²) in [6, 6.07) is 21.5. The number of amides is 1. The number of nitrogen functional groups attached to an aromatic ring is 2. The highest BCUT2D eigenvalue weighted by Gasteiger charge is 2.07. The summed E-state index contributed by atoms with van der Waals surface area (Å²) in [7, 11) is 0. The molecule has 0 fully saturated rings. The molecule has 0 bridgehead atoms. The highest BCUT2D eigenvalue weighted by atomic mass is 32.1. The quantitative estimate of drug-likeness (QED) is 0.256. The van der Waals surface area contributed by atoms with Crippen molar-refractivity contribution in [2.24, 2.45) is 0 Å². The summed E-state index contributed by atoms with van der Waals surface area (Å²) in [5, 5.41) is 9.91. The second-order valence-corrected chi connectivity index (χ2v) is 5.92. The van der Waals surface area contributed by atoms with Crippen molar-refractivity contribution in [2.75, 3.05) is 16.8 Å². The van der Waals surface area contributed by atoms with Gasteiger partial charge in [-0.1, -0.05) is 24.3 Å². The van der Waals surface area contributed by atoms with Crippen LogP contribution in [0.1, 0.15) is 20.2 Å². The Morgan fingerprint density at radius 1 is 0.964 bits per heavy atom. The number of hydrogen-bond donors (Lipinski definition) is 5. The first-order chi connectivity index (χ1) is 12.5. The third kappa shape index (κ3) is 7.50. The standard InChI is InChI=1S/C14H13N3OS.C6H7N.2H2O.3H2/c15-8-10-2-1-9(7-13(10)16)14(18)17-11-3-5-12(19)6-4-11;7-6-4-2-1-3-5-6;;;;;/h1-8,15,19H,16H2,(H,17,18);1-5H,7H2;2*1H2;3*1H. The zero-order valence-electron chi connectivity index (χ0n) is 15.0. The molecular formula is C20H30N4O3S. The minimum atomic E-state index is -0.241. The first-order valence-corrected chi connectivity index (χ1v) is 8.25. The van der Waals surface area contributed by atoms with Crippen LogP contribution in [0.3, 0.4) is 0 Å². The number of nitrogens with one attached hydrogen (secondary N) is 2. The molecule has 10 N–H and O–H groups in total. The number of carbonyl (C=O) groups is 1. The van der Waals surface area contributed by atoms with Crippen molar-refractivity contribution in [2.45, 2.75) is 4.90 Å². The van der Waals surface area contributed by atoms with Gasteiger partial charge in [-0.05, 0) is 48.5 Å².